The van der Waals surface area contributed by atoms with Crippen LogP contribution in [0.3, 0.4) is 0 Å². The standard InChI is InChI=1S/C7H13ClN2OS/c1-5(12)9-7(8)10(3)6(2)11-4/h6,12H,1H2,2-4H3. The van der Waals surface area contributed by atoms with E-state index in [1.807, 2.05) is 6.92 Å². The second-order valence-corrected chi connectivity index (χ2v) is 3.10. The fourth-order valence-corrected chi connectivity index (χ4v) is 0.887. The molecule has 12 heavy (non-hydrogen) atoms. The Kier molecular flexibility index (Phi) is 5.37. The van der Waals surface area contributed by atoms with Crippen molar-refractivity contribution in [2.24, 2.45) is 4.99 Å². The number of amidine groups is 1. The molecule has 0 radical (unpaired) electrons. The van der Waals surface area contributed by atoms with Crippen molar-refractivity contribution in [2.45, 2.75) is 13.2 Å². The second kappa shape index (κ2) is 5.45. The van der Waals surface area contributed by atoms with Crippen molar-refractivity contribution in [3.63, 3.8) is 0 Å². The zero-order valence-electron chi connectivity index (χ0n) is 7.41. The van der Waals surface area contributed by atoms with Gasteiger partial charge in [0.25, 0.3) is 0 Å². The van der Waals surface area contributed by atoms with Crippen LogP contribution in [0.5, 0.6) is 0 Å². The molecule has 0 saturated heterocycles. The molecule has 0 aromatic heterocycles. The van der Waals surface area contributed by atoms with E-state index >= 15 is 0 Å². The first-order valence-electron chi connectivity index (χ1n) is 3.36. The first-order chi connectivity index (χ1) is 5.49. The second-order valence-electron chi connectivity index (χ2n) is 2.24. The third-order valence-electron chi connectivity index (χ3n) is 1.40. The molecule has 1 atom stereocenters. The van der Waals surface area contributed by atoms with E-state index in [-0.39, 0.29) is 6.23 Å². The van der Waals surface area contributed by atoms with Crippen LogP contribution in [0.1, 0.15) is 6.92 Å². The molecule has 1 unspecified atom stereocenters. The Labute approximate surface area is 83.5 Å². The van der Waals surface area contributed by atoms with E-state index in [0.29, 0.717) is 10.3 Å². The molecule has 0 aromatic rings. The van der Waals surface area contributed by atoms with E-state index in [2.05, 4.69) is 24.2 Å². The van der Waals surface area contributed by atoms with Crippen LogP contribution in [0.15, 0.2) is 16.6 Å². The molecule has 0 N–H and O–H groups in total. The number of rotatable bonds is 3. The molecule has 0 rings (SSSR count). The van der Waals surface area contributed by atoms with E-state index in [1.54, 1.807) is 19.1 Å². The Hall–Kier alpha value is -0.190. The topological polar surface area (TPSA) is 24.8 Å². The van der Waals surface area contributed by atoms with Gasteiger partial charge in [-0.2, -0.15) is 0 Å². The van der Waals surface area contributed by atoms with Crippen LogP contribution in [0.25, 0.3) is 0 Å². The first kappa shape index (κ1) is 11.8. The minimum absolute atomic E-state index is 0.117. The van der Waals surface area contributed by atoms with Crippen LogP contribution in [0.4, 0.5) is 0 Å². The Morgan fingerprint density at radius 2 is 2.25 bits per heavy atom. The van der Waals surface area contributed by atoms with E-state index in [4.69, 9.17) is 16.3 Å². The monoisotopic (exact) mass is 208 g/mol. The van der Waals surface area contributed by atoms with Gasteiger partial charge in [0, 0.05) is 14.2 Å². The summed E-state index contributed by atoms with van der Waals surface area (Å²) in [6.07, 6.45) is -0.117. The molecule has 0 fully saturated rings. The summed E-state index contributed by atoms with van der Waals surface area (Å²) in [4.78, 5) is 5.51. The van der Waals surface area contributed by atoms with Gasteiger partial charge >= 0.3 is 0 Å². The molecular weight excluding hydrogens is 196 g/mol. The molecule has 0 bridgehead atoms. The van der Waals surface area contributed by atoms with Gasteiger partial charge in [0.2, 0.25) is 5.29 Å². The van der Waals surface area contributed by atoms with Crippen molar-refractivity contribution in [1.82, 2.24) is 4.90 Å². The van der Waals surface area contributed by atoms with Crippen LogP contribution in [-0.4, -0.2) is 30.6 Å². The predicted molar refractivity (Wildman–Crippen MR) is 55.6 cm³/mol. The van der Waals surface area contributed by atoms with Crippen LogP contribution in [0.2, 0.25) is 0 Å². The van der Waals surface area contributed by atoms with Crippen LogP contribution in [-0.2, 0) is 4.74 Å². The van der Waals surface area contributed by atoms with E-state index < -0.39 is 0 Å². The minimum atomic E-state index is -0.117. The number of aliphatic imine (C=N–C) groups is 1. The Bertz CT molecular complexity index is 196. The molecule has 3 nitrogen and oxygen atoms in total. The lowest BCUT2D eigenvalue weighted by Gasteiger charge is -2.23. The van der Waals surface area contributed by atoms with Crippen molar-refractivity contribution in [1.29, 1.82) is 0 Å². The molecule has 0 aliphatic carbocycles. The third kappa shape index (κ3) is 3.99. The quantitative estimate of drug-likeness (QED) is 0.252. The summed E-state index contributed by atoms with van der Waals surface area (Å²) >= 11 is 9.68. The highest BCUT2D eigenvalue weighted by Crippen LogP contribution is 2.06. The summed E-state index contributed by atoms with van der Waals surface area (Å²) in [6, 6.07) is 0. The zero-order valence-corrected chi connectivity index (χ0v) is 9.06. The Morgan fingerprint density at radius 3 is 2.58 bits per heavy atom. The SMILES string of the molecule is C=C(S)N=C(Cl)N(C)C(C)OC. The molecule has 70 valence electrons. The summed E-state index contributed by atoms with van der Waals surface area (Å²) in [5.41, 5.74) is 0. The lowest BCUT2D eigenvalue weighted by molar-refractivity contribution is 0.0365. The largest absolute Gasteiger partial charge is 0.362 e. The number of nitrogens with zero attached hydrogens (tertiary/aromatic N) is 2. The lowest BCUT2D eigenvalue weighted by atomic mass is 10.6. The fourth-order valence-electron chi connectivity index (χ4n) is 0.493. The third-order valence-corrected chi connectivity index (χ3v) is 1.85. The van der Waals surface area contributed by atoms with Gasteiger partial charge in [0.1, 0.15) is 6.23 Å². The summed E-state index contributed by atoms with van der Waals surface area (Å²) in [5, 5.41) is 0.680. The number of thiol groups is 1. The first-order valence-corrected chi connectivity index (χ1v) is 4.19. The van der Waals surface area contributed by atoms with Crippen molar-refractivity contribution in [3.05, 3.63) is 11.6 Å². The molecule has 0 aliphatic heterocycles. The maximum absolute atomic E-state index is 5.79. The molecule has 0 heterocycles. The summed E-state index contributed by atoms with van der Waals surface area (Å²) in [7, 11) is 3.37. The van der Waals surface area contributed by atoms with Crippen LogP contribution < -0.4 is 0 Å². The highest BCUT2D eigenvalue weighted by molar-refractivity contribution is 7.84. The van der Waals surface area contributed by atoms with Crippen molar-refractivity contribution in [3.8, 4) is 0 Å². The number of halogens is 1. The van der Waals surface area contributed by atoms with E-state index in [1.165, 1.54) is 0 Å². The van der Waals surface area contributed by atoms with Gasteiger partial charge in [0.15, 0.2) is 0 Å². The van der Waals surface area contributed by atoms with Crippen molar-refractivity contribution in [2.75, 3.05) is 14.2 Å². The van der Waals surface area contributed by atoms with Crippen LogP contribution in [0, 0.1) is 0 Å². The van der Waals surface area contributed by atoms with Gasteiger partial charge in [-0.05, 0) is 18.5 Å². The van der Waals surface area contributed by atoms with Gasteiger partial charge < -0.3 is 9.64 Å². The highest BCUT2D eigenvalue weighted by atomic mass is 35.5. The lowest BCUT2D eigenvalue weighted by Crippen LogP contribution is -2.33. The van der Waals surface area contributed by atoms with Gasteiger partial charge in [-0.1, -0.05) is 6.58 Å². The average Bonchev–Trinajstić information content (AvgIpc) is 2.00. The summed E-state index contributed by atoms with van der Waals surface area (Å²) in [5.74, 6) is 0. The van der Waals surface area contributed by atoms with Gasteiger partial charge in [-0.15, -0.1) is 12.6 Å². The number of methoxy groups -OCH3 is 1. The van der Waals surface area contributed by atoms with Gasteiger partial charge in [-0.3, -0.25) is 0 Å². The predicted octanol–water partition coefficient (Wildman–Crippen LogP) is 1.91. The zero-order chi connectivity index (χ0) is 9.72. The Morgan fingerprint density at radius 1 is 1.75 bits per heavy atom. The number of ether oxygens (including phenoxy) is 1. The normalized spacial score (nSPS) is 14.2. The van der Waals surface area contributed by atoms with E-state index in [0.717, 1.165) is 0 Å². The van der Waals surface area contributed by atoms with E-state index in [9.17, 15) is 0 Å². The molecule has 0 aromatic carbocycles. The Balaban J connectivity index is 4.27. The maximum atomic E-state index is 5.79. The van der Waals surface area contributed by atoms with Crippen molar-refractivity contribution >= 4 is 29.5 Å². The van der Waals surface area contributed by atoms with Crippen molar-refractivity contribution < 1.29 is 4.74 Å². The molecule has 0 saturated carbocycles. The molecular formula is C7H13ClN2OS. The number of hydrogen-bond donors (Lipinski definition) is 1. The summed E-state index contributed by atoms with van der Waals surface area (Å²) < 4.78 is 5.02. The van der Waals surface area contributed by atoms with Crippen LogP contribution >= 0.6 is 24.2 Å². The molecule has 0 spiro atoms. The fraction of sp³-hybridized carbons (Fsp3) is 0.571. The molecule has 5 heteroatoms. The summed E-state index contributed by atoms with van der Waals surface area (Å²) in [6.45, 7) is 5.35. The number of hydrogen-bond acceptors (Lipinski definition) is 3. The average molecular weight is 209 g/mol. The molecule has 0 aliphatic rings. The molecule has 0 amide bonds. The highest BCUT2D eigenvalue weighted by Gasteiger charge is 2.10. The minimum Gasteiger partial charge on any atom is -0.362 e. The van der Waals surface area contributed by atoms with Gasteiger partial charge in [-0.25, -0.2) is 4.99 Å². The smallest absolute Gasteiger partial charge is 0.201 e. The maximum Gasteiger partial charge on any atom is 0.201 e. The van der Waals surface area contributed by atoms with Gasteiger partial charge in [0.05, 0.1) is 5.03 Å².